The largest absolute Gasteiger partial charge is 0.392 e. The van der Waals surface area contributed by atoms with Gasteiger partial charge in [0.25, 0.3) is 0 Å². The SMILES string of the molecule is CC(C)C(O)C(C)(C)CNC(=O)C1CCN(C2CCCCC2)C1. The predicted octanol–water partition coefficient (Wildman–Crippen LogP) is 2.80. The Bertz CT molecular complexity index is 389. The van der Waals surface area contributed by atoms with E-state index in [2.05, 4.69) is 10.2 Å². The molecule has 2 atom stereocenters. The standard InChI is InChI=1S/C19H36N2O2/c1-14(2)17(22)19(3,4)13-20-18(23)15-10-11-21(12-15)16-8-6-5-7-9-16/h14-17,22H,5-13H2,1-4H3,(H,20,23). The summed E-state index contributed by atoms with van der Waals surface area (Å²) in [5.41, 5.74) is -0.286. The monoisotopic (exact) mass is 324 g/mol. The molecule has 4 heteroatoms. The second kappa shape index (κ2) is 7.98. The Hall–Kier alpha value is -0.610. The molecule has 2 rings (SSSR count). The molecular weight excluding hydrogens is 288 g/mol. The lowest BCUT2D eigenvalue weighted by Crippen LogP contribution is -2.45. The van der Waals surface area contributed by atoms with Crippen molar-refractivity contribution in [1.82, 2.24) is 10.2 Å². The van der Waals surface area contributed by atoms with Crippen LogP contribution >= 0.6 is 0 Å². The third kappa shape index (κ3) is 4.93. The van der Waals surface area contributed by atoms with Crippen LogP contribution in [0.15, 0.2) is 0 Å². The molecule has 0 radical (unpaired) electrons. The smallest absolute Gasteiger partial charge is 0.224 e. The number of aliphatic hydroxyl groups is 1. The second-order valence-electron chi connectivity index (χ2n) is 8.67. The summed E-state index contributed by atoms with van der Waals surface area (Å²) in [6, 6.07) is 0.709. The molecule has 0 bridgehead atoms. The number of rotatable bonds is 6. The molecule has 0 spiro atoms. The first-order valence-electron chi connectivity index (χ1n) is 9.51. The Morgan fingerprint density at radius 2 is 1.87 bits per heavy atom. The van der Waals surface area contributed by atoms with Crippen LogP contribution in [0.4, 0.5) is 0 Å². The van der Waals surface area contributed by atoms with E-state index in [0.29, 0.717) is 12.6 Å². The Morgan fingerprint density at radius 1 is 1.22 bits per heavy atom. The van der Waals surface area contributed by atoms with E-state index in [1.807, 2.05) is 27.7 Å². The summed E-state index contributed by atoms with van der Waals surface area (Å²) >= 11 is 0. The molecular formula is C19H36N2O2. The van der Waals surface area contributed by atoms with Crippen LogP contribution in [0.25, 0.3) is 0 Å². The molecule has 1 aliphatic heterocycles. The van der Waals surface area contributed by atoms with Crippen molar-refractivity contribution in [2.45, 2.75) is 78.4 Å². The number of hydrogen-bond donors (Lipinski definition) is 2. The lowest BCUT2D eigenvalue weighted by atomic mass is 9.80. The van der Waals surface area contributed by atoms with Gasteiger partial charge in [0.1, 0.15) is 0 Å². The Labute approximate surface area is 142 Å². The first-order chi connectivity index (χ1) is 10.8. The number of carbonyl (C=O) groups excluding carboxylic acids is 1. The lowest BCUT2D eigenvalue weighted by molar-refractivity contribution is -0.125. The molecule has 4 nitrogen and oxygen atoms in total. The molecule has 1 amide bonds. The van der Waals surface area contributed by atoms with Crippen LogP contribution < -0.4 is 5.32 Å². The summed E-state index contributed by atoms with van der Waals surface area (Å²) in [4.78, 5) is 15.0. The molecule has 2 aliphatic rings. The lowest BCUT2D eigenvalue weighted by Gasteiger charge is -2.34. The van der Waals surface area contributed by atoms with Gasteiger partial charge in [-0.25, -0.2) is 0 Å². The zero-order chi connectivity index (χ0) is 17.0. The minimum atomic E-state index is -0.398. The van der Waals surface area contributed by atoms with Gasteiger partial charge in [-0.2, -0.15) is 0 Å². The number of carbonyl (C=O) groups is 1. The zero-order valence-electron chi connectivity index (χ0n) is 15.5. The van der Waals surface area contributed by atoms with Gasteiger partial charge in [-0.1, -0.05) is 47.0 Å². The summed E-state index contributed by atoms with van der Waals surface area (Å²) in [5.74, 6) is 0.506. The molecule has 0 aromatic rings. The molecule has 23 heavy (non-hydrogen) atoms. The fourth-order valence-electron chi connectivity index (χ4n) is 4.25. The van der Waals surface area contributed by atoms with Gasteiger partial charge in [-0.15, -0.1) is 0 Å². The maximum Gasteiger partial charge on any atom is 0.224 e. The first-order valence-corrected chi connectivity index (χ1v) is 9.51. The van der Waals surface area contributed by atoms with Crippen molar-refractivity contribution in [3.05, 3.63) is 0 Å². The van der Waals surface area contributed by atoms with Gasteiger partial charge in [0.2, 0.25) is 5.91 Å². The van der Waals surface area contributed by atoms with E-state index in [0.717, 1.165) is 19.5 Å². The van der Waals surface area contributed by atoms with Crippen molar-refractivity contribution in [3.8, 4) is 0 Å². The summed E-state index contributed by atoms with van der Waals surface area (Å²) < 4.78 is 0. The van der Waals surface area contributed by atoms with E-state index in [-0.39, 0.29) is 23.2 Å². The van der Waals surface area contributed by atoms with Crippen LogP contribution in [0.3, 0.4) is 0 Å². The molecule has 2 unspecified atom stereocenters. The molecule has 134 valence electrons. The highest BCUT2D eigenvalue weighted by Gasteiger charge is 2.35. The number of likely N-dealkylation sites (tertiary alicyclic amines) is 1. The van der Waals surface area contributed by atoms with Crippen LogP contribution in [0.1, 0.15) is 66.2 Å². The van der Waals surface area contributed by atoms with Crippen LogP contribution in [0, 0.1) is 17.3 Å². The molecule has 2 N–H and O–H groups in total. The fourth-order valence-corrected chi connectivity index (χ4v) is 4.25. The normalized spacial score (nSPS) is 25.7. The number of hydrogen-bond acceptors (Lipinski definition) is 3. The Morgan fingerprint density at radius 3 is 2.48 bits per heavy atom. The van der Waals surface area contributed by atoms with E-state index in [1.165, 1.54) is 32.1 Å². The average Bonchev–Trinajstić information content (AvgIpc) is 3.02. The van der Waals surface area contributed by atoms with E-state index >= 15 is 0 Å². The maximum atomic E-state index is 12.5. The third-order valence-corrected chi connectivity index (χ3v) is 5.83. The van der Waals surface area contributed by atoms with Crippen molar-refractivity contribution in [3.63, 3.8) is 0 Å². The highest BCUT2D eigenvalue weighted by molar-refractivity contribution is 5.79. The Balaban J connectivity index is 1.78. The van der Waals surface area contributed by atoms with Crippen molar-refractivity contribution in [1.29, 1.82) is 0 Å². The molecule has 0 aromatic heterocycles. The highest BCUT2D eigenvalue weighted by atomic mass is 16.3. The molecule has 1 saturated heterocycles. The number of aliphatic hydroxyl groups excluding tert-OH is 1. The summed E-state index contributed by atoms with van der Waals surface area (Å²) in [5, 5.41) is 13.4. The molecule has 1 aliphatic carbocycles. The minimum absolute atomic E-state index is 0.129. The molecule has 2 fully saturated rings. The van der Waals surface area contributed by atoms with Crippen LogP contribution in [0.5, 0.6) is 0 Å². The van der Waals surface area contributed by atoms with Gasteiger partial charge in [-0.3, -0.25) is 9.69 Å². The fraction of sp³-hybridized carbons (Fsp3) is 0.947. The zero-order valence-corrected chi connectivity index (χ0v) is 15.5. The second-order valence-corrected chi connectivity index (χ2v) is 8.67. The van der Waals surface area contributed by atoms with Gasteiger partial charge in [0.05, 0.1) is 12.0 Å². The van der Waals surface area contributed by atoms with Crippen LogP contribution in [0.2, 0.25) is 0 Å². The third-order valence-electron chi connectivity index (χ3n) is 5.83. The molecule has 1 saturated carbocycles. The van der Waals surface area contributed by atoms with Gasteiger partial charge in [0, 0.05) is 24.5 Å². The van der Waals surface area contributed by atoms with Crippen molar-refractivity contribution in [2.75, 3.05) is 19.6 Å². The minimum Gasteiger partial charge on any atom is -0.392 e. The number of nitrogens with one attached hydrogen (secondary N) is 1. The molecule has 0 aromatic carbocycles. The molecule has 1 heterocycles. The number of amides is 1. The van der Waals surface area contributed by atoms with Gasteiger partial charge < -0.3 is 10.4 Å². The summed E-state index contributed by atoms with van der Waals surface area (Å²) in [7, 11) is 0. The average molecular weight is 325 g/mol. The summed E-state index contributed by atoms with van der Waals surface area (Å²) in [6.07, 6.45) is 7.27. The predicted molar refractivity (Wildman–Crippen MR) is 94.2 cm³/mol. The van der Waals surface area contributed by atoms with E-state index in [4.69, 9.17) is 0 Å². The van der Waals surface area contributed by atoms with E-state index in [1.54, 1.807) is 0 Å². The van der Waals surface area contributed by atoms with Gasteiger partial charge >= 0.3 is 0 Å². The van der Waals surface area contributed by atoms with Crippen molar-refractivity contribution in [2.24, 2.45) is 17.3 Å². The van der Waals surface area contributed by atoms with Gasteiger partial charge in [0.15, 0.2) is 0 Å². The van der Waals surface area contributed by atoms with Crippen molar-refractivity contribution < 1.29 is 9.90 Å². The van der Waals surface area contributed by atoms with Gasteiger partial charge in [-0.05, 0) is 31.7 Å². The Kier molecular flexibility index (Phi) is 6.49. The van der Waals surface area contributed by atoms with E-state index < -0.39 is 6.10 Å². The van der Waals surface area contributed by atoms with Crippen LogP contribution in [-0.4, -0.2) is 47.7 Å². The van der Waals surface area contributed by atoms with Crippen LogP contribution in [-0.2, 0) is 4.79 Å². The quantitative estimate of drug-likeness (QED) is 0.790. The highest BCUT2D eigenvalue weighted by Crippen LogP contribution is 2.28. The van der Waals surface area contributed by atoms with E-state index in [9.17, 15) is 9.90 Å². The topological polar surface area (TPSA) is 52.6 Å². The number of nitrogens with zero attached hydrogens (tertiary/aromatic N) is 1. The maximum absolute atomic E-state index is 12.5. The van der Waals surface area contributed by atoms with Crippen molar-refractivity contribution >= 4 is 5.91 Å². The first kappa shape index (κ1) is 18.7. The summed E-state index contributed by atoms with van der Waals surface area (Å²) in [6.45, 7) is 10.6.